The molecule has 0 spiro atoms. The van der Waals surface area contributed by atoms with E-state index in [9.17, 15) is 13.5 Å². The van der Waals surface area contributed by atoms with Crippen LogP contribution in [-0.4, -0.2) is 55.0 Å². The topological polar surface area (TPSA) is 86.9 Å². The predicted octanol–water partition coefficient (Wildman–Crippen LogP) is 0.443. The summed E-state index contributed by atoms with van der Waals surface area (Å²) in [7, 11) is -3.52. The van der Waals surface area contributed by atoms with Crippen molar-refractivity contribution < 1.29 is 13.5 Å². The number of fused-ring (bicyclic) bond motifs is 1. The summed E-state index contributed by atoms with van der Waals surface area (Å²) in [6, 6.07) is 4.40. The summed E-state index contributed by atoms with van der Waals surface area (Å²) in [5.41, 5.74) is 5.68. The van der Waals surface area contributed by atoms with Crippen molar-refractivity contribution in [3.8, 4) is 5.75 Å². The standard InChI is InChI=1S/C13H19N3O3S/c14-12-8-11(3-4-13(12)17)20(18,19)16-7-6-15-5-1-2-10(15)9-16/h3-4,8,10,17H,1-2,5-7,9,14H2. The van der Waals surface area contributed by atoms with E-state index in [-0.39, 0.29) is 16.3 Å². The average Bonchev–Trinajstić information content (AvgIpc) is 2.89. The van der Waals surface area contributed by atoms with Crippen molar-refractivity contribution >= 4 is 15.7 Å². The van der Waals surface area contributed by atoms with Crippen LogP contribution in [0.1, 0.15) is 12.8 Å². The van der Waals surface area contributed by atoms with Crippen LogP contribution < -0.4 is 5.73 Å². The quantitative estimate of drug-likeness (QED) is 0.611. The highest BCUT2D eigenvalue weighted by atomic mass is 32.2. The molecule has 1 unspecified atom stereocenters. The molecule has 0 saturated carbocycles. The summed E-state index contributed by atoms with van der Waals surface area (Å²) in [5.74, 6) is -0.0930. The number of hydrogen-bond acceptors (Lipinski definition) is 5. The first-order chi connectivity index (χ1) is 9.48. The fourth-order valence-electron chi connectivity index (χ4n) is 3.02. The SMILES string of the molecule is Nc1cc(S(=O)(=O)N2CCN3CCCC3C2)ccc1O. The van der Waals surface area contributed by atoms with E-state index in [0.717, 1.165) is 25.9 Å². The molecule has 2 aliphatic heterocycles. The lowest BCUT2D eigenvalue weighted by atomic mass is 10.2. The van der Waals surface area contributed by atoms with Crippen LogP contribution in [0.3, 0.4) is 0 Å². The molecule has 2 fully saturated rings. The molecule has 20 heavy (non-hydrogen) atoms. The van der Waals surface area contributed by atoms with Gasteiger partial charge in [-0.25, -0.2) is 8.42 Å². The number of nitrogens with zero attached hydrogens (tertiary/aromatic N) is 2. The molecule has 2 saturated heterocycles. The zero-order valence-corrected chi connectivity index (χ0v) is 12.0. The molecule has 7 heteroatoms. The lowest BCUT2D eigenvalue weighted by Crippen LogP contribution is -2.51. The van der Waals surface area contributed by atoms with Gasteiger partial charge in [0.2, 0.25) is 10.0 Å². The maximum absolute atomic E-state index is 12.6. The van der Waals surface area contributed by atoms with Gasteiger partial charge >= 0.3 is 0 Å². The van der Waals surface area contributed by atoms with Crippen molar-refractivity contribution in [3.63, 3.8) is 0 Å². The molecule has 110 valence electrons. The number of sulfonamides is 1. The maximum atomic E-state index is 12.6. The van der Waals surface area contributed by atoms with Gasteiger partial charge in [-0.1, -0.05) is 0 Å². The van der Waals surface area contributed by atoms with Crippen molar-refractivity contribution in [1.29, 1.82) is 0 Å². The molecule has 0 radical (unpaired) electrons. The summed E-state index contributed by atoms with van der Waals surface area (Å²) in [4.78, 5) is 2.51. The number of benzene rings is 1. The van der Waals surface area contributed by atoms with E-state index in [0.29, 0.717) is 19.1 Å². The van der Waals surface area contributed by atoms with Crippen LogP contribution in [0.4, 0.5) is 5.69 Å². The second-order valence-electron chi connectivity index (χ2n) is 5.42. The van der Waals surface area contributed by atoms with Gasteiger partial charge in [-0.2, -0.15) is 4.31 Å². The Labute approximate surface area is 118 Å². The van der Waals surface area contributed by atoms with Crippen LogP contribution in [0.15, 0.2) is 23.1 Å². The first-order valence-corrected chi connectivity index (χ1v) is 8.25. The summed E-state index contributed by atoms with van der Waals surface area (Å²) < 4.78 is 26.8. The van der Waals surface area contributed by atoms with Gasteiger partial charge in [0.25, 0.3) is 0 Å². The summed E-state index contributed by atoms with van der Waals surface area (Å²) in [5, 5.41) is 9.40. The Balaban J connectivity index is 1.86. The van der Waals surface area contributed by atoms with E-state index >= 15 is 0 Å². The minimum Gasteiger partial charge on any atom is -0.506 e. The maximum Gasteiger partial charge on any atom is 0.243 e. The molecular weight excluding hydrogens is 278 g/mol. The van der Waals surface area contributed by atoms with E-state index in [4.69, 9.17) is 5.73 Å². The minimum absolute atomic E-state index is 0.0885. The van der Waals surface area contributed by atoms with E-state index in [2.05, 4.69) is 4.90 Å². The number of aromatic hydroxyl groups is 1. The third-order valence-electron chi connectivity index (χ3n) is 4.19. The van der Waals surface area contributed by atoms with Crippen molar-refractivity contribution in [3.05, 3.63) is 18.2 Å². The molecule has 2 aliphatic rings. The number of nitrogens with two attached hydrogens (primary N) is 1. The lowest BCUT2D eigenvalue weighted by molar-refractivity contribution is 0.158. The molecule has 0 bridgehead atoms. The zero-order valence-electron chi connectivity index (χ0n) is 11.2. The van der Waals surface area contributed by atoms with E-state index in [1.807, 2.05) is 0 Å². The summed E-state index contributed by atoms with van der Waals surface area (Å²) in [6.45, 7) is 2.92. The van der Waals surface area contributed by atoms with Gasteiger partial charge in [0.05, 0.1) is 10.6 Å². The van der Waals surface area contributed by atoms with Gasteiger partial charge in [0.1, 0.15) is 5.75 Å². The van der Waals surface area contributed by atoms with Gasteiger partial charge in [-0.05, 0) is 37.6 Å². The number of phenolic OH excluding ortho intramolecular Hbond substituents is 1. The Morgan fingerprint density at radius 2 is 2.05 bits per heavy atom. The normalized spacial score (nSPS) is 24.7. The first-order valence-electron chi connectivity index (χ1n) is 6.81. The number of nitrogen functional groups attached to an aromatic ring is 1. The first kappa shape index (κ1) is 13.7. The van der Waals surface area contributed by atoms with Crippen LogP contribution in [0, 0.1) is 0 Å². The second-order valence-corrected chi connectivity index (χ2v) is 7.35. The molecule has 1 aromatic rings. The molecule has 0 aromatic heterocycles. The Kier molecular flexibility index (Phi) is 3.35. The highest BCUT2D eigenvalue weighted by Crippen LogP contribution is 2.28. The van der Waals surface area contributed by atoms with E-state index in [1.54, 1.807) is 0 Å². The highest BCUT2D eigenvalue weighted by molar-refractivity contribution is 7.89. The van der Waals surface area contributed by atoms with Crippen LogP contribution >= 0.6 is 0 Å². The van der Waals surface area contributed by atoms with Crippen LogP contribution in [0.2, 0.25) is 0 Å². The fourth-order valence-corrected chi connectivity index (χ4v) is 4.53. The largest absolute Gasteiger partial charge is 0.506 e. The Morgan fingerprint density at radius 3 is 2.80 bits per heavy atom. The molecule has 6 nitrogen and oxygen atoms in total. The lowest BCUT2D eigenvalue weighted by Gasteiger charge is -2.36. The van der Waals surface area contributed by atoms with Crippen molar-refractivity contribution in [2.75, 3.05) is 31.9 Å². The van der Waals surface area contributed by atoms with Crippen molar-refractivity contribution in [2.24, 2.45) is 0 Å². The van der Waals surface area contributed by atoms with Gasteiger partial charge in [0, 0.05) is 25.7 Å². The number of hydrogen-bond donors (Lipinski definition) is 2. The molecule has 3 N–H and O–H groups in total. The molecule has 1 aromatic carbocycles. The molecule has 0 amide bonds. The van der Waals surface area contributed by atoms with Gasteiger partial charge in [0.15, 0.2) is 0 Å². The Bertz CT molecular complexity index is 617. The van der Waals surface area contributed by atoms with E-state index < -0.39 is 10.0 Å². The van der Waals surface area contributed by atoms with Gasteiger partial charge in [-0.15, -0.1) is 0 Å². The number of piperazine rings is 1. The zero-order chi connectivity index (χ0) is 14.3. The van der Waals surface area contributed by atoms with E-state index in [1.165, 1.54) is 22.5 Å². The number of rotatable bonds is 2. The van der Waals surface area contributed by atoms with Crippen molar-refractivity contribution in [1.82, 2.24) is 9.21 Å². The Hall–Kier alpha value is -1.31. The smallest absolute Gasteiger partial charge is 0.243 e. The Morgan fingerprint density at radius 1 is 1.25 bits per heavy atom. The molecule has 0 aliphatic carbocycles. The third kappa shape index (κ3) is 2.25. The molecule has 1 atom stereocenters. The van der Waals surface area contributed by atoms with Gasteiger partial charge < -0.3 is 10.8 Å². The molecular formula is C13H19N3O3S. The van der Waals surface area contributed by atoms with Crippen LogP contribution in [0.5, 0.6) is 5.75 Å². The van der Waals surface area contributed by atoms with Crippen LogP contribution in [0.25, 0.3) is 0 Å². The average molecular weight is 297 g/mol. The predicted molar refractivity (Wildman–Crippen MR) is 75.9 cm³/mol. The number of anilines is 1. The third-order valence-corrected chi connectivity index (χ3v) is 6.05. The summed E-state index contributed by atoms with van der Waals surface area (Å²) >= 11 is 0. The second kappa shape index (κ2) is 4.91. The molecule has 3 rings (SSSR count). The van der Waals surface area contributed by atoms with Crippen molar-refractivity contribution in [2.45, 2.75) is 23.8 Å². The fraction of sp³-hybridized carbons (Fsp3) is 0.538. The highest BCUT2D eigenvalue weighted by Gasteiger charge is 2.36. The van der Waals surface area contributed by atoms with Gasteiger partial charge in [-0.3, -0.25) is 4.90 Å². The minimum atomic E-state index is -3.52. The van der Waals surface area contributed by atoms with Crippen LogP contribution in [-0.2, 0) is 10.0 Å². The summed E-state index contributed by atoms with van der Waals surface area (Å²) in [6.07, 6.45) is 2.20. The number of phenols is 1. The molecule has 2 heterocycles. The monoisotopic (exact) mass is 297 g/mol.